The number of hydrogen-bond acceptors (Lipinski definition) is 6. The first-order chi connectivity index (χ1) is 12.6. The fourth-order valence-electron chi connectivity index (χ4n) is 1.99. The molecule has 2 aromatic carbocycles. The largest absolute Gasteiger partial charge is 0.484 e. The van der Waals surface area contributed by atoms with Crippen molar-refractivity contribution in [2.24, 2.45) is 0 Å². The summed E-state index contributed by atoms with van der Waals surface area (Å²) in [5.74, 6) is 0.842. The molecule has 1 N–H and O–H groups in total. The highest BCUT2D eigenvalue weighted by molar-refractivity contribution is 8.00. The van der Waals surface area contributed by atoms with Crippen molar-refractivity contribution in [1.82, 2.24) is 10.2 Å². The third-order valence-electron chi connectivity index (χ3n) is 3.31. The van der Waals surface area contributed by atoms with Crippen LogP contribution >= 0.6 is 23.4 Å². The fourth-order valence-corrected chi connectivity index (χ4v) is 2.82. The van der Waals surface area contributed by atoms with Gasteiger partial charge in [-0.3, -0.25) is 4.79 Å². The minimum atomic E-state index is -0.388. The predicted molar refractivity (Wildman–Crippen MR) is 100 cm³/mol. The molecule has 3 aromatic rings. The smallest absolute Gasteiger partial charge is 0.277 e. The first-order valence-corrected chi connectivity index (χ1v) is 9.09. The average molecular weight is 390 g/mol. The number of benzene rings is 2. The molecular formula is C18H16ClN3O3S. The molecule has 1 heterocycles. The van der Waals surface area contributed by atoms with E-state index in [4.69, 9.17) is 20.8 Å². The Kier molecular flexibility index (Phi) is 6.14. The zero-order chi connectivity index (χ0) is 18.4. The summed E-state index contributed by atoms with van der Waals surface area (Å²) in [7, 11) is 0. The number of nitrogens with zero attached hydrogens (tertiary/aromatic N) is 2. The molecular weight excluding hydrogens is 374 g/mol. The highest BCUT2D eigenvalue weighted by Gasteiger charge is 2.18. The van der Waals surface area contributed by atoms with E-state index in [1.165, 1.54) is 11.8 Å². The van der Waals surface area contributed by atoms with Crippen LogP contribution in [0.15, 0.2) is 64.2 Å². The zero-order valence-electron chi connectivity index (χ0n) is 13.9. The summed E-state index contributed by atoms with van der Waals surface area (Å²) >= 11 is 7.02. The number of amides is 1. The monoisotopic (exact) mass is 389 g/mol. The van der Waals surface area contributed by atoms with E-state index in [0.29, 0.717) is 21.9 Å². The second-order valence-electron chi connectivity index (χ2n) is 5.32. The highest BCUT2D eigenvalue weighted by Crippen LogP contribution is 2.23. The summed E-state index contributed by atoms with van der Waals surface area (Å²) < 4.78 is 11.1. The molecule has 0 spiro atoms. The van der Waals surface area contributed by atoms with Gasteiger partial charge in [-0.1, -0.05) is 41.6 Å². The number of anilines is 1. The Morgan fingerprint density at radius 3 is 2.65 bits per heavy atom. The number of nitrogens with one attached hydrogen (secondary N) is 1. The Hall–Kier alpha value is -2.51. The van der Waals surface area contributed by atoms with Crippen LogP contribution in [0.1, 0.15) is 12.8 Å². The Balaban J connectivity index is 1.51. The van der Waals surface area contributed by atoms with E-state index in [1.54, 1.807) is 31.2 Å². The molecule has 1 atom stereocenters. The lowest BCUT2D eigenvalue weighted by molar-refractivity contribution is -0.115. The summed E-state index contributed by atoms with van der Waals surface area (Å²) in [6, 6.07) is 16.2. The van der Waals surface area contributed by atoms with Crippen LogP contribution in [0.5, 0.6) is 5.75 Å². The fraction of sp³-hybridized carbons (Fsp3) is 0.167. The van der Waals surface area contributed by atoms with Crippen LogP contribution in [-0.2, 0) is 11.4 Å². The first-order valence-electron chi connectivity index (χ1n) is 7.83. The van der Waals surface area contributed by atoms with Gasteiger partial charge in [0.1, 0.15) is 5.75 Å². The molecule has 0 fully saturated rings. The summed E-state index contributed by atoms with van der Waals surface area (Å²) in [5, 5.41) is 11.3. The number of para-hydroxylation sites is 1. The van der Waals surface area contributed by atoms with Crippen molar-refractivity contribution in [3.05, 3.63) is 65.5 Å². The lowest BCUT2D eigenvalue weighted by atomic mass is 10.3. The van der Waals surface area contributed by atoms with E-state index in [-0.39, 0.29) is 17.8 Å². The Bertz CT molecular complexity index is 856. The number of ether oxygens (including phenoxy) is 1. The minimum absolute atomic E-state index is 0.139. The van der Waals surface area contributed by atoms with Gasteiger partial charge in [-0.15, -0.1) is 10.2 Å². The molecule has 6 nitrogen and oxygen atoms in total. The minimum Gasteiger partial charge on any atom is -0.484 e. The summed E-state index contributed by atoms with van der Waals surface area (Å²) in [6.07, 6.45) is 0. The highest BCUT2D eigenvalue weighted by atomic mass is 35.5. The first kappa shape index (κ1) is 18.3. The van der Waals surface area contributed by atoms with Crippen LogP contribution in [-0.4, -0.2) is 21.4 Å². The van der Waals surface area contributed by atoms with E-state index in [1.807, 2.05) is 30.3 Å². The Labute approximate surface area is 159 Å². The van der Waals surface area contributed by atoms with Gasteiger partial charge in [0.2, 0.25) is 5.91 Å². The van der Waals surface area contributed by atoms with Gasteiger partial charge in [0.15, 0.2) is 6.61 Å². The van der Waals surface area contributed by atoms with Crippen molar-refractivity contribution < 1.29 is 13.9 Å². The number of rotatable bonds is 7. The molecule has 1 amide bonds. The van der Waals surface area contributed by atoms with Gasteiger partial charge in [-0.25, -0.2) is 0 Å². The number of halogens is 1. The van der Waals surface area contributed by atoms with Gasteiger partial charge in [-0.2, -0.15) is 0 Å². The van der Waals surface area contributed by atoms with Crippen molar-refractivity contribution in [2.75, 3.05) is 5.32 Å². The van der Waals surface area contributed by atoms with Crippen LogP contribution in [0, 0.1) is 0 Å². The van der Waals surface area contributed by atoms with Crippen molar-refractivity contribution >= 4 is 35.0 Å². The van der Waals surface area contributed by atoms with E-state index >= 15 is 0 Å². The lowest BCUT2D eigenvalue weighted by Gasteiger charge is -2.09. The lowest BCUT2D eigenvalue weighted by Crippen LogP contribution is -2.22. The standard InChI is InChI=1S/C18H16ClN3O3S/c1-12(17(23)20-14-5-3-2-4-6-14)26-18-22-21-16(25-18)11-24-15-9-7-13(19)8-10-15/h2-10,12H,11H2,1H3,(H,20,23)/t12-/m0/s1. The van der Waals surface area contributed by atoms with Crippen LogP contribution < -0.4 is 10.1 Å². The molecule has 0 radical (unpaired) electrons. The maximum absolute atomic E-state index is 12.2. The van der Waals surface area contributed by atoms with Gasteiger partial charge in [0.25, 0.3) is 11.1 Å². The molecule has 8 heteroatoms. The molecule has 0 aliphatic heterocycles. The van der Waals surface area contributed by atoms with E-state index < -0.39 is 0 Å². The second kappa shape index (κ2) is 8.73. The van der Waals surface area contributed by atoms with Gasteiger partial charge in [-0.05, 0) is 43.3 Å². The summed E-state index contributed by atoms with van der Waals surface area (Å²) in [6.45, 7) is 1.91. The van der Waals surface area contributed by atoms with E-state index in [2.05, 4.69) is 15.5 Å². The second-order valence-corrected chi connectivity index (χ2v) is 7.05. The normalized spacial score (nSPS) is 11.8. The molecule has 0 aliphatic carbocycles. The average Bonchev–Trinajstić information content (AvgIpc) is 3.09. The maximum Gasteiger partial charge on any atom is 0.277 e. The van der Waals surface area contributed by atoms with E-state index in [0.717, 1.165) is 5.69 Å². The van der Waals surface area contributed by atoms with Gasteiger partial charge >= 0.3 is 0 Å². The van der Waals surface area contributed by atoms with Crippen molar-refractivity contribution in [3.8, 4) is 5.75 Å². The van der Waals surface area contributed by atoms with Gasteiger partial charge < -0.3 is 14.5 Å². The van der Waals surface area contributed by atoms with Crippen molar-refractivity contribution in [1.29, 1.82) is 0 Å². The molecule has 0 saturated heterocycles. The Morgan fingerprint density at radius 1 is 1.19 bits per heavy atom. The molecule has 134 valence electrons. The quantitative estimate of drug-likeness (QED) is 0.602. The maximum atomic E-state index is 12.2. The number of carbonyl (C=O) groups excluding carboxylic acids is 1. The van der Waals surface area contributed by atoms with Gasteiger partial charge in [0, 0.05) is 10.7 Å². The molecule has 0 aliphatic rings. The number of carbonyl (C=O) groups is 1. The molecule has 26 heavy (non-hydrogen) atoms. The predicted octanol–water partition coefficient (Wildman–Crippen LogP) is 4.42. The third kappa shape index (κ3) is 5.24. The van der Waals surface area contributed by atoms with E-state index in [9.17, 15) is 4.79 Å². The number of thioether (sulfide) groups is 1. The third-order valence-corrected chi connectivity index (χ3v) is 4.50. The topological polar surface area (TPSA) is 77.2 Å². The molecule has 0 bridgehead atoms. The number of hydrogen-bond donors (Lipinski definition) is 1. The van der Waals surface area contributed by atoms with Crippen LogP contribution in [0.25, 0.3) is 0 Å². The summed E-state index contributed by atoms with van der Waals surface area (Å²) in [5.41, 5.74) is 0.743. The van der Waals surface area contributed by atoms with Crippen LogP contribution in [0.3, 0.4) is 0 Å². The van der Waals surface area contributed by atoms with Gasteiger partial charge in [0.05, 0.1) is 5.25 Å². The molecule has 3 rings (SSSR count). The number of aromatic nitrogens is 2. The zero-order valence-corrected chi connectivity index (χ0v) is 15.5. The molecule has 0 saturated carbocycles. The summed E-state index contributed by atoms with van der Waals surface area (Å²) in [4.78, 5) is 12.2. The van der Waals surface area contributed by atoms with Crippen LogP contribution in [0.4, 0.5) is 5.69 Å². The van der Waals surface area contributed by atoms with Crippen molar-refractivity contribution in [3.63, 3.8) is 0 Å². The SMILES string of the molecule is C[C@H](Sc1nnc(COc2ccc(Cl)cc2)o1)C(=O)Nc1ccccc1. The Morgan fingerprint density at radius 2 is 1.92 bits per heavy atom. The van der Waals surface area contributed by atoms with Crippen LogP contribution in [0.2, 0.25) is 5.02 Å². The van der Waals surface area contributed by atoms with Crippen molar-refractivity contribution in [2.45, 2.75) is 24.0 Å². The molecule has 0 unspecified atom stereocenters. The molecule has 1 aromatic heterocycles.